The lowest BCUT2D eigenvalue weighted by atomic mass is 9.96. The van der Waals surface area contributed by atoms with Gasteiger partial charge in [-0.2, -0.15) is 4.98 Å². The van der Waals surface area contributed by atoms with Crippen LogP contribution in [0.15, 0.2) is 30.5 Å². The molecule has 2 aliphatic rings. The molecule has 0 spiro atoms. The molecule has 0 saturated carbocycles. The van der Waals surface area contributed by atoms with Crippen molar-refractivity contribution in [2.45, 2.75) is 57.3 Å². The van der Waals surface area contributed by atoms with Crippen molar-refractivity contribution in [3.05, 3.63) is 47.2 Å². The molecule has 3 N–H and O–H groups in total. The van der Waals surface area contributed by atoms with Gasteiger partial charge in [0.2, 0.25) is 11.8 Å². The Morgan fingerprint density at radius 3 is 2.75 bits per heavy atom. The van der Waals surface area contributed by atoms with Crippen LogP contribution in [-0.2, 0) is 6.54 Å². The van der Waals surface area contributed by atoms with Crippen LogP contribution in [0.5, 0.6) is 5.88 Å². The first-order chi connectivity index (χ1) is 13.5. The fraction of sp³-hybridized carbons (Fsp3) is 0.476. The van der Waals surface area contributed by atoms with Crippen molar-refractivity contribution in [2.75, 3.05) is 12.8 Å². The molecular weight excluding hydrogens is 354 g/mol. The standard InChI is InChI=1S/C21H27N5O2/c1-13-4-3-5-14(8-13)12-26-16-6-7-17(26)10-15(9-16)24-19(27)18-11-23-21(22)25-20(18)28-2/h3-5,8,11,15-17H,6-7,9-10,12H2,1-2H3,(H,24,27)(H2,22,23,25). The summed E-state index contributed by atoms with van der Waals surface area (Å²) in [6, 6.07) is 9.90. The zero-order valence-electron chi connectivity index (χ0n) is 16.4. The molecule has 0 radical (unpaired) electrons. The van der Waals surface area contributed by atoms with Crippen molar-refractivity contribution in [2.24, 2.45) is 0 Å². The molecule has 2 unspecified atom stereocenters. The van der Waals surface area contributed by atoms with Crippen molar-refractivity contribution in [1.29, 1.82) is 0 Å². The molecule has 1 aromatic carbocycles. The topological polar surface area (TPSA) is 93.4 Å². The molecule has 7 heteroatoms. The van der Waals surface area contributed by atoms with Gasteiger partial charge in [0.15, 0.2) is 0 Å². The fourth-order valence-corrected chi connectivity index (χ4v) is 4.63. The number of methoxy groups -OCH3 is 1. The number of ether oxygens (including phenoxy) is 1. The molecule has 4 rings (SSSR count). The number of carbonyl (C=O) groups is 1. The number of hydrogen-bond donors (Lipinski definition) is 2. The van der Waals surface area contributed by atoms with E-state index in [0.29, 0.717) is 17.6 Å². The van der Waals surface area contributed by atoms with Crippen LogP contribution in [-0.4, -0.2) is 46.0 Å². The third-order valence-corrected chi connectivity index (χ3v) is 5.88. The number of hydrogen-bond acceptors (Lipinski definition) is 6. The zero-order valence-corrected chi connectivity index (χ0v) is 16.4. The van der Waals surface area contributed by atoms with E-state index in [0.717, 1.165) is 19.4 Å². The first kappa shape index (κ1) is 18.7. The Bertz CT molecular complexity index is 858. The van der Waals surface area contributed by atoms with E-state index in [1.54, 1.807) is 0 Å². The van der Waals surface area contributed by atoms with Crippen LogP contribution >= 0.6 is 0 Å². The lowest BCUT2D eigenvalue weighted by Gasteiger charge is -2.39. The third-order valence-electron chi connectivity index (χ3n) is 5.88. The quantitative estimate of drug-likeness (QED) is 0.825. The number of fused-ring (bicyclic) bond motifs is 2. The van der Waals surface area contributed by atoms with Crippen molar-refractivity contribution >= 4 is 11.9 Å². The number of rotatable bonds is 5. The summed E-state index contributed by atoms with van der Waals surface area (Å²) in [5, 5.41) is 3.16. The number of aryl methyl sites for hydroxylation is 1. The number of amides is 1. The van der Waals surface area contributed by atoms with E-state index in [2.05, 4.69) is 51.4 Å². The van der Waals surface area contributed by atoms with Gasteiger partial charge in [0.05, 0.1) is 7.11 Å². The van der Waals surface area contributed by atoms with E-state index >= 15 is 0 Å². The number of benzene rings is 1. The van der Waals surface area contributed by atoms with Gasteiger partial charge in [-0.05, 0) is 38.2 Å². The summed E-state index contributed by atoms with van der Waals surface area (Å²) in [7, 11) is 1.47. The first-order valence-electron chi connectivity index (χ1n) is 9.82. The molecule has 7 nitrogen and oxygen atoms in total. The second kappa shape index (κ2) is 7.75. The van der Waals surface area contributed by atoms with E-state index in [9.17, 15) is 4.79 Å². The van der Waals surface area contributed by atoms with Crippen LogP contribution in [0.4, 0.5) is 5.95 Å². The Labute approximate surface area is 165 Å². The Balaban J connectivity index is 1.41. The summed E-state index contributed by atoms with van der Waals surface area (Å²) >= 11 is 0. The van der Waals surface area contributed by atoms with Crippen molar-refractivity contribution in [3.8, 4) is 5.88 Å². The first-order valence-corrected chi connectivity index (χ1v) is 9.82. The van der Waals surface area contributed by atoms with Gasteiger partial charge >= 0.3 is 0 Å². The minimum atomic E-state index is -0.201. The maximum Gasteiger partial charge on any atom is 0.258 e. The number of aromatic nitrogens is 2. The van der Waals surface area contributed by atoms with Crippen molar-refractivity contribution in [3.63, 3.8) is 0 Å². The summed E-state index contributed by atoms with van der Waals surface area (Å²) in [5.74, 6) is 0.106. The van der Waals surface area contributed by atoms with Gasteiger partial charge in [0.25, 0.3) is 5.91 Å². The summed E-state index contributed by atoms with van der Waals surface area (Å²) in [5.41, 5.74) is 8.57. The minimum absolute atomic E-state index is 0.0934. The lowest BCUT2D eigenvalue weighted by molar-refractivity contribution is 0.0824. The number of nitrogen functional groups attached to an aromatic ring is 1. The van der Waals surface area contributed by atoms with E-state index in [-0.39, 0.29) is 23.8 Å². The summed E-state index contributed by atoms with van der Waals surface area (Å²) in [6.45, 7) is 3.12. The highest BCUT2D eigenvalue weighted by atomic mass is 16.5. The van der Waals surface area contributed by atoms with Gasteiger partial charge in [0, 0.05) is 30.9 Å². The van der Waals surface area contributed by atoms with E-state index in [1.165, 1.54) is 37.3 Å². The van der Waals surface area contributed by atoms with Crippen LogP contribution in [0.1, 0.15) is 47.2 Å². The van der Waals surface area contributed by atoms with E-state index in [1.807, 2.05) is 0 Å². The van der Waals surface area contributed by atoms with Crippen LogP contribution in [0.25, 0.3) is 0 Å². The van der Waals surface area contributed by atoms with Gasteiger partial charge in [-0.1, -0.05) is 29.8 Å². The normalized spacial score (nSPS) is 24.1. The number of nitrogens with two attached hydrogens (primary N) is 1. The fourth-order valence-electron chi connectivity index (χ4n) is 4.63. The highest BCUT2D eigenvalue weighted by Gasteiger charge is 2.41. The average Bonchev–Trinajstić information content (AvgIpc) is 2.90. The monoisotopic (exact) mass is 381 g/mol. The minimum Gasteiger partial charge on any atom is -0.480 e. The van der Waals surface area contributed by atoms with Gasteiger partial charge in [-0.3, -0.25) is 9.69 Å². The number of carbonyl (C=O) groups excluding carboxylic acids is 1. The predicted octanol–water partition coefficient (Wildman–Crippen LogP) is 2.30. The molecule has 2 aromatic rings. The van der Waals surface area contributed by atoms with Gasteiger partial charge in [-0.25, -0.2) is 4.98 Å². The molecule has 2 bridgehead atoms. The maximum absolute atomic E-state index is 12.7. The molecular formula is C21H27N5O2. The SMILES string of the molecule is COc1nc(N)ncc1C(=O)NC1CC2CCC(C1)N2Cc1cccc(C)c1. The highest BCUT2D eigenvalue weighted by Crippen LogP contribution is 2.37. The number of piperidine rings is 1. The van der Waals surface area contributed by atoms with Crippen molar-refractivity contribution in [1.82, 2.24) is 20.2 Å². The largest absolute Gasteiger partial charge is 0.480 e. The molecule has 148 valence electrons. The van der Waals surface area contributed by atoms with Gasteiger partial charge in [0.1, 0.15) is 5.56 Å². The van der Waals surface area contributed by atoms with Gasteiger partial charge < -0.3 is 15.8 Å². The molecule has 1 aromatic heterocycles. The second-order valence-corrected chi connectivity index (χ2v) is 7.84. The van der Waals surface area contributed by atoms with Crippen LogP contribution < -0.4 is 15.8 Å². The summed E-state index contributed by atoms with van der Waals surface area (Å²) in [4.78, 5) is 23.3. The van der Waals surface area contributed by atoms with Crippen LogP contribution in [0.2, 0.25) is 0 Å². The Morgan fingerprint density at radius 2 is 2.07 bits per heavy atom. The van der Waals surface area contributed by atoms with Crippen LogP contribution in [0, 0.1) is 6.92 Å². The molecule has 0 aliphatic carbocycles. The lowest BCUT2D eigenvalue weighted by Crippen LogP contribution is -2.50. The molecule has 2 saturated heterocycles. The third kappa shape index (κ3) is 3.80. The molecule has 3 heterocycles. The summed E-state index contributed by atoms with van der Waals surface area (Å²) < 4.78 is 5.18. The smallest absolute Gasteiger partial charge is 0.258 e. The second-order valence-electron chi connectivity index (χ2n) is 7.84. The molecule has 1 amide bonds. The average molecular weight is 381 g/mol. The number of nitrogens with zero attached hydrogens (tertiary/aromatic N) is 3. The highest BCUT2D eigenvalue weighted by molar-refractivity contribution is 5.96. The number of nitrogens with one attached hydrogen (secondary N) is 1. The summed E-state index contributed by atoms with van der Waals surface area (Å²) in [6.07, 6.45) is 5.74. The number of anilines is 1. The van der Waals surface area contributed by atoms with E-state index < -0.39 is 0 Å². The molecule has 2 aliphatic heterocycles. The zero-order chi connectivity index (χ0) is 19.7. The Hall–Kier alpha value is -2.67. The van der Waals surface area contributed by atoms with Crippen molar-refractivity contribution < 1.29 is 9.53 Å². The Morgan fingerprint density at radius 1 is 1.32 bits per heavy atom. The molecule has 2 atom stereocenters. The van der Waals surface area contributed by atoms with Crippen LogP contribution in [0.3, 0.4) is 0 Å². The molecule has 28 heavy (non-hydrogen) atoms. The molecule has 2 fully saturated rings. The van der Waals surface area contributed by atoms with Gasteiger partial charge in [-0.15, -0.1) is 0 Å². The Kier molecular flexibility index (Phi) is 5.17. The maximum atomic E-state index is 12.7. The predicted molar refractivity (Wildman–Crippen MR) is 107 cm³/mol. The van der Waals surface area contributed by atoms with E-state index in [4.69, 9.17) is 10.5 Å².